The lowest BCUT2D eigenvalue weighted by molar-refractivity contribution is 0.0995. The van der Waals surface area contributed by atoms with E-state index in [2.05, 4.69) is 34.3 Å². The minimum Gasteiger partial charge on any atom is -0.443 e. The Morgan fingerprint density at radius 2 is 1.97 bits per heavy atom. The summed E-state index contributed by atoms with van der Waals surface area (Å²) in [7, 11) is 1.50. The summed E-state index contributed by atoms with van der Waals surface area (Å²) in [5.74, 6) is 1.71. The van der Waals surface area contributed by atoms with Crippen LogP contribution in [0.25, 0.3) is 11.5 Å². The molecule has 1 N–H and O–H groups in total. The predicted octanol–water partition coefficient (Wildman–Crippen LogP) is 3.32. The topological polar surface area (TPSA) is 118 Å². The van der Waals surface area contributed by atoms with E-state index in [0.29, 0.717) is 40.7 Å². The quantitative estimate of drug-likeness (QED) is 0.559. The van der Waals surface area contributed by atoms with Crippen molar-refractivity contribution in [1.82, 2.24) is 30.0 Å². The third-order valence-corrected chi connectivity index (χ3v) is 6.80. The SMILES string of the molecule is CNC(=O)OCc1nc(N2[C@H](C)C[C@H]2C)cc2c1CN(c1cccc(-c3nncn3C(C)C)n1)C2=O. The van der Waals surface area contributed by atoms with Gasteiger partial charge in [0.1, 0.15) is 30.3 Å². The van der Waals surface area contributed by atoms with Crippen molar-refractivity contribution >= 4 is 23.6 Å². The lowest BCUT2D eigenvalue weighted by Crippen LogP contribution is -2.53. The van der Waals surface area contributed by atoms with E-state index in [1.165, 1.54) is 7.05 Å². The highest BCUT2D eigenvalue weighted by Gasteiger charge is 2.37. The van der Waals surface area contributed by atoms with Gasteiger partial charge < -0.3 is 19.5 Å². The average molecular weight is 491 g/mol. The Balaban J connectivity index is 1.51. The molecule has 2 atom stereocenters. The maximum Gasteiger partial charge on any atom is 0.407 e. The molecule has 5 heterocycles. The second-order valence-corrected chi connectivity index (χ2v) is 9.55. The van der Waals surface area contributed by atoms with Crippen molar-refractivity contribution in [3.8, 4) is 11.5 Å². The molecule has 11 nitrogen and oxygen atoms in total. The van der Waals surface area contributed by atoms with Crippen molar-refractivity contribution < 1.29 is 14.3 Å². The van der Waals surface area contributed by atoms with Gasteiger partial charge in [-0.1, -0.05) is 6.07 Å². The largest absolute Gasteiger partial charge is 0.443 e. The Kier molecular flexibility index (Phi) is 6.07. The van der Waals surface area contributed by atoms with Gasteiger partial charge >= 0.3 is 6.09 Å². The second-order valence-electron chi connectivity index (χ2n) is 9.55. The molecule has 3 aromatic rings. The molecule has 2 amide bonds. The van der Waals surface area contributed by atoms with Gasteiger partial charge in [-0.25, -0.2) is 14.8 Å². The average Bonchev–Trinajstić information content (AvgIpc) is 3.48. The molecule has 11 heteroatoms. The summed E-state index contributed by atoms with van der Waals surface area (Å²) >= 11 is 0. The van der Waals surface area contributed by atoms with Crippen molar-refractivity contribution in [3.63, 3.8) is 0 Å². The molecule has 188 valence electrons. The van der Waals surface area contributed by atoms with Gasteiger partial charge in [-0.3, -0.25) is 9.69 Å². The number of nitrogens with zero attached hydrogens (tertiary/aromatic N) is 7. The van der Waals surface area contributed by atoms with Crippen LogP contribution in [0.2, 0.25) is 0 Å². The van der Waals surface area contributed by atoms with Gasteiger partial charge in [0, 0.05) is 30.7 Å². The second kappa shape index (κ2) is 9.21. The first kappa shape index (κ1) is 23.7. The minimum atomic E-state index is -0.550. The number of amides is 2. The van der Waals surface area contributed by atoms with E-state index in [-0.39, 0.29) is 25.1 Å². The zero-order chi connectivity index (χ0) is 25.6. The summed E-state index contributed by atoms with van der Waals surface area (Å²) in [4.78, 5) is 38.8. The van der Waals surface area contributed by atoms with Gasteiger partial charge in [0.05, 0.1) is 17.8 Å². The van der Waals surface area contributed by atoms with Crippen LogP contribution in [0, 0.1) is 0 Å². The summed E-state index contributed by atoms with van der Waals surface area (Å²) in [6, 6.07) is 8.18. The van der Waals surface area contributed by atoms with Crippen LogP contribution in [0.4, 0.5) is 16.4 Å². The van der Waals surface area contributed by atoms with E-state index in [1.807, 2.05) is 36.6 Å². The normalized spacial score (nSPS) is 18.9. The number of fused-ring (bicyclic) bond motifs is 1. The molecule has 0 unspecified atom stereocenters. The molecular formula is C25H30N8O3. The molecule has 3 aromatic heterocycles. The molecule has 0 spiro atoms. The van der Waals surface area contributed by atoms with E-state index in [0.717, 1.165) is 17.8 Å². The summed E-state index contributed by atoms with van der Waals surface area (Å²) in [5.41, 5.74) is 2.50. The molecule has 0 radical (unpaired) electrons. The van der Waals surface area contributed by atoms with Gasteiger partial charge in [0.25, 0.3) is 5.91 Å². The lowest BCUT2D eigenvalue weighted by Gasteiger charge is -2.46. The Morgan fingerprint density at radius 1 is 1.19 bits per heavy atom. The first-order valence-corrected chi connectivity index (χ1v) is 12.1. The van der Waals surface area contributed by atoms with Crippen molar-refractivity contribution in [1.29, 1.82) is 0 Å². The fourth-order valence-electron chi connectivity index (χ4n) is 4.97. The first-order valence-electron chi connectivity index (χ1n) is 12.1. The van der Waals surface area contributed by atoms with Crippen molar-refractivity contribution in [2.75, 3.05) is 16.8 Å². The number of carbonyl (C=O) groups is 2. The van der Waals surface area contributed by atoms with Crippen LogP contribution >= 0.6 is 0 Å². The maximum absolute atomic E-state index is 13.6. The molecule has 1 fully saturated rings. The van der Waals surface area contributed by atoms with Gasteiger partial charge in [-0.2, -0.15) is 0 Å². The number of hydrogen-bond donors (Lipinski definition) is 1. The van der Waals surface area contributed by atoms with Crippen LogP contribution in [-0.2, 0) is 17.9 Å². The number of carbonyl (C=O) groups excluding carboxylic acids is 2. The smallest absolute Gasteiger partial charge is 0.407 e. The molecule has 0 aliphatic carbocycles. The van der Waals surface area contributed by atoms with Crippen molar-refractivity contribution in [3.05, 3.63) is 47.4 Å². The van der Waals surface area contributed by atoms with Gasteiger partial charge in [-0.15, -0.1) is 10.2 Å². The van der Waals surface area contributed by atoms with E-state index in [4.69, 9.17) is 14.7 Å². The van der Waals surface area contributed by atoms with Crippen LogP contribution in [-0.4, -0.2) is 55.9 Å². The number of hydrogen-bond acceptors (Lipinski definition) is 8. The lowest BCUT2D eigenvalue weighted by atomic mass is 9.95. The fourth-order valence-corrected chi connectivity index (χ4v) is 4.97. The minimum absolute atomic E-state index is 0.0292. The first-order chi connectivity index (χ1) is 17.3. The van der Waals surface area contributed by atoms with E-state index < -0.39 is 6.09 Å². The van der Waals surface area contributed by atoms with E-state index in [9.17, 15) is 9.59 Å². The molecule has 1 saturated heterocycles. The molecular weight excluding hydrogens is 460 g/mol. The van der Waals surface area contributed by atoms with Gasteiger partial charge in [0.2, 0.25) is 0 Å². The Bertz CT molecular complexity index is 1310. The van der Waals surface area contributed by atoms with Crippen molar-refractivity contribution in [2.24, 2.45) is 0 Å². The summed E-state index contributed by atoms with van der Waals surface area (Å²) in [6.45, 7) is 8.61. The number of rotatable bonds is 6. The Hall–Kier alpha value is -4.02. The monoisotopic (exact) mass is 490 g/mol. The zero-order valence-electron chi connectivity index (χ0n) is 21.1. The number of ether oxygens (including phenoxy) is 1. The molecule has 0 saturated carbocycles. The maximum atomic E-state index is 13.6. The highest BCUT2D eigenvalue weighted by molar-refractivity contribution is 6.10. The van der Waals surface area contributed by atoms with Gasteiger partial charge in [-0.05, 0) is 52.3 Å². The molecule has 2 aliphatic rings. The molecule has 0 aromatic carbocycles. The van der Waals surface area contributed by atoms with Gasteiger partial charge in [0.15, 0.2) is 5.82 Å². The number of pyridine rings is 2. The van der Waals surface area contributed by atoms with Crippen LogP contribution in [0.15, 0.2) is 30.6 Å². The van der Waals surface area contributed by atoms with E-state index in [1.54, 1.807) is 17.3 Å². The number of aromatic nitrogens is 5. The van der Waals surface area contributed by atoms with Crippen molar-refractivity contribution in [2.45, 2.75) is 65.4 Å². The molecule has 2 aliphatic heterocycles. The Labute approximate surface area is 209 Å². The summed E-state index contributed by atoms with van der Waals surface area (Å²) < 4.78 is 7.26. The molecule has 5 rings (SSSR count). The summed E-state index contributed by atoms with van der Waals surface area (Å²) in [5, 5.41) is 10.7. The fraction of sp³-hybridized carbons (Fsp3) is 0.440. The highest BCUT2D eigenvalue weighted by Crippen LogP contribution is 2.36. The number of nitrogens with one attached hydrogen (secondary N) is 1. The number of alkyl carbamates (subject to hydrolysis) is 1. The zero-order valence-corrected chi connectivity index (χ0v) is 21.1. The molecule has 36 heavy (non-hydrogen) atoms. The predicted molar refractivity (Wildman–Crippen MR) is 134 cm³/mol. The highest BCUT2D eigenvalue weighted by atomic mass is 16.5. The Morgan fingerprint density at radius 3 is 2.67 bits per heavy atom. The number of anilines is 2. The summed E-state index contributed by atoms with van der Waals surface area (Å²) in [6.07, 6.45) is 2.18. The van der Waals surface area contributed by atoms with Crippen LogP contribution in [0.1, 0.15) is 61.8 Å². The standard InChI is InChI=1S/C25H30N8O3/c1-14(2)32-13-27-30-23(32)19-7-6-8-21(28-19)31-11-18-17(24(31)34)10-22(33-15(3)9-16(33)4)29-20(18)12-36-25(35)26-5/h6-8,10,13-16H,9,11-12H2,1-5H3,(H,26,35)/t15-,16-/m1/s1. The third kappa shape index (κ3) is 4.04. The molecule has 0 bridgehead atoms. The van der Waals surface area contributed by atoms with Crippen LogP contribution in [0.3, 0.4) is 0 Å². The van der Waals surface area contributed by atoms with E-state index >= 15 is 0 Å². The third-order valence-electron chi connectivity index (χ3n) is 6.80. The van der Waals surface area contributed by atoms with Crippen LogP contribution < -0.4 is 15.1 Å². The van der Waals surface area contributed by atoms with Crippen LogP contribution in [0.5, 0.6) is 0 Å².